The first-order valence-corrected chi connectivity index (χ1v) is 3.18. The number of hydrogen-bond acceptors (Lipinski definition) is 4. The Kier molecular flexibility index (Phi) is 1.20. The average Bonchev–Trinajstić information content (AvgIpc) is 2.44. The highest BCUT2D eigenvalue weighted by molar-refractivity contribution is 6.29. The number of nitrogens with zero attached hydrogens (tertiary/aromatic N) is 1. The van der Waals surface area contributed by atoms with E-state index < -0.39 is 0 Å². The molecule has 0 spiro atoms. The molecule has 0 aliphatic carbocycles. The third kappa shape index (κ3) is 0.654. The van der Waals surface area contributed by atoms with E-state index in [-0.39, 0.29) is 12.0 Å². The third-order valence-electron chi connectivity index (χ3n) is 1.82. The fourth-order valence-electron chi connectivity index (χ4n) is 1.22. The Labute approximate surface area is 57.8 Å². The SMILES string of the molecule is O=CC1=NOC2COCC12. The van der Waals surface area contributed by atoms with Crippen molar-refractivity contribution >= 4 is 12.0 Å². The van der Waals surface area contributed by atoms with E-state index in [4.69, 9.17) is 9.57 Å². The highest BCUT2D eigenvalue weighted by Crippen LogP contribution is 2.23. The minimum Gasteiger partial charge on any atom is -0.389 e. The second kappa shape index (κ2) is 2.05. The van der Waals surface area contributed by atoms with Crippen molar-refractivity contribution < 1.29 is 14.4 Å². The van der Waals surface area contributed by atoms with Crippen LogP contribution in [0.2, 0.25) is 0 Å². The van der Waals surface area contributed by atoms with Gasteiger partial charge in [-0.3, -0.25) is 4.79 Å². The van der Waals surface area contributed by atoms with E-state index >= 15 is 0 Å². The molecule has 1 fully saturated rings. The van der Waals surface area contributed by atoms with Gasteiger partial charge in [-0.15, -0.1) is 0 Å². The largest absolute Gasteiger partial charge is 0.389 e. The minimum atomic E-state index is 0.000185. The first-order chi connectivity index (χ1) is 4.92. The summed E-state index contributed by atoms with van der Waals surface area (Å²) in [5.41, 5.74) is 0.488. The van der Waals surface area contributed by atoms with E-state index in [2.05, 4.69) is 5.16 Å². The lowest BCUT2D eigenvalue weighted by Gasteiger charge is -2.00. The van der Waals surface area contributed by atoms with Gasteiger partial charge in [-0.05, 0) is 0 Å². The van der Waals surface area contributed by atoms with Crippen LogP contribution in [0.5, 0.6) is 0 Å². The highest BCUT2D eigenvalue weighted by atomic mass is 16.7. The van der Waals surface area contributed by atoms with Crippen LogP contribution < -0.4 is 0 Å². The van der Waals surface area contributed by atoms with E-state index in [1.54, 1.807) is 0 Å². The van der Waals surface area contributed by atoms with Crippen LogP contribution in [-0.2, 0) is 14.4 Å². The lowest BCUT2D eigenvalue weighted by atomic mass is 10.0. The molecule has 0 aromatic rings. The molecule has 0 aromatic heterocycles. The van der Waals surface area contributed by atoms with Crippen molar-refractivity contribution in [1.82, 2.24) is 0 Å². The molecule has 2 unspecified atom stereocenters. The Morgan fingerprint density at radius 2 is 2.50 bits per heavy atom. The molecule has 0 saturated carbocycles. The predicted molar refractivity (Wildman–Crippen MR) is 32.7 cm³/mol. The summed E-state index contributed by atoms with van der Waals surface area (Å²) in [6.45, 7) is 1.13. The molecule has 54 valence electrons. The first-order valence-electron chi connectivity index (χ1n) is 3.18. The molecule has 4 nitrogen and oxygen atoms in total. The van der Waals surface area contributed by atoms with Crippen molar-refractivity contribution in [3.63, 3.8) is 0 Å². The fourth-order valence-corrected chi connectivity index (χ4v) is 1.22. The zero-order valence-corrected chi connectivity index (χ0v) is 5.32. The van der Waals surface area contributed by atoms with Crippen LogP contribution in [0.25, 0.3) is 0 Å². The lowest BCUT2D eigenvalue weighted by Crippen LogP contribution is -2.21. The van der Waals surface area contributed by atoms with E-state index in [0.717, 1.165) is 6.29 Å². The van der Waals surface area contributed by atoms with Crippen LogP contribution in [0.3, 0.4) is 0 Å². The standard InChI is InChI=1S/C6H7NO3/c8-1-5-4-2-9-3-6(4)10-7-5/h1,4,6H,2-3H2. The summed E-state index contributed by atoms with van der Waals surface area (Å²) in [5.74, 6) is 0.0949. The lowest BCUT2D eigenvalue weighted by molar-refractivity contribution is -0.102. The van der Waals surface area contributed by atoms with Gasteiger partial charge in [-0.25, -0.2) is 0 Å². The summed E-state index contributed by atoms with van der Waals surface area (Å²) in [6, 6.07) is 0. The average molecular weight is 141 g/mol. The van der Waals surface area contributed by atoms with E-state index in [1.165, 1.54) is 0 Å². The number of oxime groups is 1. The Hall–Kier alpha value is -0.900. The number of ether oxygens (including phenoxy) is 1. The van der Waals surface area contributed by atoms with Gasteiger partial charge >= 0.3 is 0 Å². The highest BCUT2D eigenvalue weighted by Gasteiger charge is 2.38. The van der Waals surface area contributed by atoms with E-state index in [0.29, 0.717) is 18.9 Å². The number of fused-ring (bicyclic) bond motifs is 1. The van der Waals surface area contributed by atoms with Gasteiger partial charge in [-0.1, -0.05) is 5.16 Å². The molecule has 2 aliphatic rings. The van der Waals surface area contributed by atoms with Crippen molar-refractivity contribution in [3.8, 4) is 0 Å². The molecule has 2 atom stereocenters. The maximum absolute atomic E-state index is 10.3. The van der Waals surface area contributed by atoms with Gasteiger partial charge in [0.05, 0.1) is 19.1 Å². The third-order valence-corrected chi connectivity index (χ3v) is 1.82. The summed E-state index contributed by atoms with van der Waals surface area (Å²) in [7, 11) is 0. The maximum atomic E-state index is 10.3. The molecule has 10 heavy (non-hydrogen) atoms. The zero-order valence-electron chi connectivity index (χ0n) is 5.32. The number of carbonyl (C=O) groups excluding carboxylic acids is 1. The van der Waals surface area contributed by atoms with Crippen LogP contribution in [0.15, 0.2) is 5.16 Å². The Balaban J connectivity index is 2.17. The number of hydrogen-bond donors (Lipinski definition) is 0. The molecule has 2 rings (SSSR count). The summed E-state index contributed by atoms with van der Waals surface area (Å²) in [5, 5.41) is 3.61. The molecule has 0 amide bonds. The van der Waals surface area contributed by atoms with Crippen molar-refractivity contribution in [2.24, 2.45) is 11.1 Å². The van der Waals surface area contributed by atoms with Gasteiger partial charge in [0, 0.05) is 0 Å². The monoisotopic (exact) mass is 141 g/mol. The van der Waals surface area contributed by atoms with Crippen LogP contribution in [0, 0.1) is 5.92 Å². The van der Waals surface area contributed by atoms with Crippen LogP contribution >= 0.6 is 0 Å². The van der Waals surface area contributed by atoms with Gasteiger partial charge in [-0.2, -0.15) is 0 Å². The molecule has 2 heterocycles. The van der Waals surface area contributed by atoms with Gasteiger partial charge in [0.25, 0.3) is 0 Å². The molecule has 0 N–H and O–H groups in total. The molecular weight excluding hydrogens is 134 g/mol. The van der Waals surface area contributed by atoms with Crippen molar-refractivity contribution in [1.29, 1.82) is 0 Å². The topological polar surface area (TPSA) is 47.9 Å². The van der Waals surface area contributed by atoms with Gasteiger partial charge < -0.3 is 9.57 Å². The van der Waals surface area contributed by atoms with E-state index in [1.807, 2.05) is 0 Å². The van der Waals surface area contributed by atoms with Crippen LogP contribution in [0.1, 0.15) is 0 Å². The van der Waals surface area contributed by atoms with Crippen molar-refractivity contribution in [2.45, 2.75) is 6.10 Å². The Morgan fingerprint density at radius 1 is 1.60 bits per heavy atom. The number of carbonyl (C=O) groups is 1. The van der Waals surface area contributed by atoms with Crippen LogP contribution in [-0.4, -0.2) is 31.3 Å². The summed E-state index contributed by atoms with van der Waals surface area (Å²) >= 11 is 0. The van der Waals surface area contributed by atoms with Gasteiger partial charge in [0.1, 0.15) is 5.71 Å². The summed E-state index contributed by atoms with van der Waals surface area (Å²) in [6.07, 6.45) is 0.736. The van der Waals surface area contributed by atoms with Crippen molar-refractivity contribution in [2.75, 3.05) is 13.2 Å². The Bertz CT molecular complexity index is 189. The number of rotatable bonds is 1. The quantitative estimate of drug-likeness (QED) is 0.466. The number of aldehydes is 1. The van der Waals surface area contributed by atoms with Gasteiger partial charge in [0.15, 0.2) is 12.4 Å². The molecule has 2 aliphatic heterocycles. The smallest absolute Gasteiger partial charge is 0.168 e. The fraction of sp³-hybridized carbons (Fsp3) is 0.667. The van der Waals surface area contributed by atoms with Crippen molar-refractivity contribution in [3.05, 3.63) is 0 Å². The Morgan fingerprint density at radius 3 is 3.30 bits per heavy atom. The molecular formula is C6H7NO3. The molecule has 0 bridgehead atoms. The second-order valence-corrected chi connectivity index (χ2v) is 2.42. The van der Waals surface area contributed by atoms with Crippen LogP contribution in [0.4, 0.5) is 0 Å². The molecule has 1 saturated heterocycles. The summed E-state index contributed by atoms with van der Waals surface area (Å²) < 4.78 is 5.08. The van der Waals surface area contributed by atoms with E-state index in [9.17, 15) is 4.79 Å². The predicted octanol–water partition coefficient (Wildman–Crippen LogP) is -0.414. The normalized spacial score (nSPS) is 36.6. The minimum absolute atomic E-state index is 0.000185. The molecule has 0 aromatic carbocycles. The molecule has 0 radical (unpaired) electrons. The second-order valence-electron chi connectivity index (χ2n) is 2.42. The van der Waals surface area contributed by atoms with Gasteiger partial charge in [0.2, 0.25) is 0 Å². The first kappa shape index (κ1) is 5.85. The summed E-state index contributed by atoms with van der Waals surface area (Å²) in [4.78, 5) is 15.2. The zero-order chi connectivity index (χ0) is 6.97. The molecule has 4 heteroatoms. The maximum Gasteiger partial charge on any atom is 0.168 e.